The average molecular weight is 903 g/mol. The third-order valence-corrected chi connectivity index (χ3v) is 14.2. The molecule has 1 aromatic heterocycles. The maximum atomic E-state index is 14.4. The van der Waals surface area contributed by atoms with Crippen LogP contribution >= 0.6 is 35.1 Å². The first-order valence-electron chi connectivity index (χ1n) is 19.3. The zero-order valence-electron chi connectivity index (χ0n) is 32.3. The van der Waals surface area contributed by atoms with Gasteiger partial charge in [0.1, 0.15) is 23.7 Å². The van der Waals surface area contributed by atoms with Crippen LogP contribution in [-0.4, -0.2) is 82.5 Å². The molecule has 0 unspecified atom stereocenters. The number of nitrogens with zero attached hydrogens (tertiary/aromatic N) is 4. The molecule has 5 aromatic rings. The Labute approximate surface area is 360 Å². The van der Waals surface area contributed by atoms with E-state index in [0.29, 0.717) is 80.4 Å². The molecule has 0 bridgehead atoms. The van der Waals surface area contributed by atoms with Gasteiger partial charge in [0.15, 0.2) is 0 Å². The van der Waals surface area contributed by atoms with Crippen molar-refractivity contribution in [2.45, 2.75) is 70.7 Å². The largest absolute Gasteiger partial charge is 0.446 e. The normalized spacial score (nSPS) is 16.6. The monoisotopic (exact) mass is 901 g/mol. The number of likely N-dealkylation sites (tertiary alicyclic amines) is 1. The van der Waals surface area contributed by atoms with E-state index in [1.165, 1.54) is 42.4 Å². The predicted molar refractivity (Wildman–Crippen MR) is 230 cm³/mol. The number of alkyl halides is 3. The van der Waals surface area contributed by atoms with E-state index < -0.39 is 33.0 Å². The Morgan fingerprint density at radius 3 is 2.43 bits per heavy atom. The number of thioether (sulfide) groups is 2. The van der Waals surface area contributed by atoms with Crippen molar-refractivity contribution >= 4 is 56.7 Å². The SMILES string of the molecule is NCC[C@H](CSc1ccccc1)Nc1ccc(S(=O)(=O)Nc2ncnc3c2CCN(C2(O)CCN(Cc4cc(F)ccc4-c4ccc(Cl)cc4)CC2)C3)cc1SC(F)(F)F. The zero-order valence-corrected chi connectivity index (χ0v) is 35.5. The number of hydrogen-bond acceptors (Lipinski definition) is 11. The number of benzene rings is 4. The van der Waals surface area contributed by atoms with E-state index in [1.54, 1.807) is 18.2 Å². The second-order valence-electron chi connectivity index (χ2n) is 14.7. The fourth-order valence-corrected chi connectivity index (χ4v) is 10.5. The number of nitrogens with two attached hydrogens (primary N) is 1. The Kier molecular flexibility index (Phi) is 14.0. The number of hydrogen-bond donors (Lipinski definition) is 4. The quantitative estimate of drug-likeness (QED) is 0.0594. The first kappa shape index (κ1) is 44.1. The molecule has 1 saturated heterocycles. The number of anilines is 2. The summed E-state index contributed by atoms with van der Waals surface area (Å²) in [5, 5.41) is 15.7. The highest BCUT2D eigenvalue weighted by Crippen LogP contribution is 2.42. The van der Waals surface area contributed by atoms with E-state index in [4.69, 9.17) is 17.3 Å². The molecule has 0 saturated carbocycles. The summed E-state index contributed by atoms with van der Waals surface area (Å²) in [4.78, 5) is 13.1. The van der Waals surface area contributed by atoms with E-state index >= 15 is 0 Å². The number of halogens is 5. The molecule has 3 heterocycles. The molecule has 10 nitrogen and oxygen atoms in total. The van der Waals surface area contributed by atoms with Gasteiger partial charge >= 0.3 is 5.51 Å². The van der Waals surface area contributed by atoms with Crippen molar-refractivity contribution in [1.82, 2.24) is 19.8 Å². The smallest absolute Gasteiger partial charge is 0.381 e. The van der Waals surface area contributed by atoms with Gasteiger partial charge in [-0.1, -0.05) is 48.0 Å². The third-order valence-electron chi connectivity index (χ3n) is 10.7. The van der Waals surface area contributed by atoms with Crippen molar-refractivity contribution in [3.63, 3.8) is 0 Å². The molecule has 0 amide bonds. The van der Waals surface area contributed by atoms with Gasteiger partial charge in [0.05, 0.1) is 10.6 Å². The van der Waals surface area contributed by atoms with Crippen LogP contribution in [0.15, 0.2) is 112 Å². The first-order valence-corrected chi connectivity index (χ1v) is 23.0. The summed E-state index contributed by atoms with van der Waals surface area (Å²) in [6, 6.07) is 25.0. The molecular formula is C42H44ClF4N7O3S3. The third kappa shape index (κ3) is 11.1. The predicted octanol–water partition coefficient (Wildman–Crippen LogP) is 8.61. The van der Waals surface area contributed by atoms with Gasteiger partial charge in [-0.05, 0) is 102 Å². The maximum absolute atomic E-state index is 14.4. The highest BCUT2D eigenvalue weighted by molar-refractivity contribution is 8.00. The molecule has 5 N–H and O–H groups in total. The average Bonchev–Trinajstić information content (AvgIpc) is 3.21. The molecule has 0 radical (unpaired) electrons. The van der Waals surface area contributed by atoms with Crippen LogP contribution in [-0.2, 0) is 29.5 Å². The molecule has 4 aromatic carbocycles. The van der Waals surface area contributed by atoms with Crippen molar-refractivity contribution in [2.24, 2.45) is 5.73 Å². The lowest BCUT2D eigenvalue weighted by Gasteiger charge is -2.46. The van der Waals surface area contributed by atoms with Crippen LogP contribution in [0.5, 0.6) is 0 Å². The van der Waals surface area contributed by atoms with Crippen molar-refractivity contribution in [3.8, 4) is 11.1 Å². The lowest BCUT2D eigenvalue weighted by molar-refractivity contribution is -0.150. The summed E-state index contributed by atoms with van der Waals surface area (Å²) in [6.45, 7) is 2.50. The molecule has 0 spiro atoms. The number of rotatable bonds is 15. The Balaban J connectivity index is 1.02. The Bertz CT molecular complexity index is 2370. The summed E-state index contributed by atoms with van der Waals surface area (Å²) in [5.74, 6) is 0.221. The minimum atomic E-state index is -4.69. The van der Waals surface area contributed by atoms with Crippen LogP contribution in [0.25, 0.3) is 11.1 Å². The number of nitrogens with one attached hydrogen (secondary N) is 2. The summed E-state index contributed by atoms with van der Waals surface area (Å²) in [5.41, 5.74) is 3.87. The Morgan fingerprint density at radius 1 is 0.967 bits per heavy atom. The van der Waals surface area contributed by atoms with Crippen LogP contribution < -0.4 is 15.8 Å². The van der Waals surface area contributed by atoms with Crippen molar-refractivity contribution < 1.29 is 31.1 Å². The lowest BCUT2D eigenvalue weighted by Crippen LogP contribution is -2.56. The van der Waals surface area contributed by atoms with Gasteiger partial charge < -0.3 is 16.2 Å². The molecule has 60 heavy (non-hydrogen) atoms. The van der Waals surface area contributed by atoms with E-state index in [0.717, 1.165) is 27.7 Å². The molecule has 318 valence electrons. The first-order chi connectivity index (χ1) is 28.7. The number of sulfonamides is 1. The topological polar surface area (TPSA) is 137 Å². The summed E-state index contributed by atoms with van der Waals surface area (Å²) in [6.07, 6.45) is 2.86. The van der Waals surface area contributed by atoms with Crippen LogP contribution in [0.2, 0.25) is 5.02 Å². The molecular weight excluding hydrogens is 858 g/mol. The summed E-state index contributed by atoms with van der Waals surface area (Å²) in [7, 11) is -4.40. The van der Waals surface area contributed by atoms with Crippen LogP contribution in [0.1, 0.15) is 36.1 Å². The number of piperidine rings is 1. The van der Waals surface area contributed by atoms with Gasteiger partial charge in [-0.3, -0.25) is 14.5 Å². The van der Waals surface area contributed by atoms with Crippen LogP contribution in [0, 0.1) is 5.82 Å². The Morgan fingerprint density at radius 2 is 1.72 bits per heavy atom. The van der Waals surface area contributed by atoms with E-state index in [2.05, 4.69) is 24.9 Å². The molecule has 0 aliphatic carbocycles. The number of aromatic nitrogens is 2. The fourth-order valence-electron chi connectivity index (χ4n) is 7.54. The van der Waals surface area contributed by atoms with Crippen LogP contribution in [0.3, 0.4) is 0 Å². The highest BCUT2D eigenvalue weighted by atomic mass is 35.5. The molecule has 1 fully saturated rings. The lowest BCUT2D eigenvalue weighted by atomic mass is 9.93. The molecule has 18 heteroatoms. The molecule has 7 rings (SSSR count). The second-order valence-corrected chi connectivity index (χ2v) is 19.1. The van der Waals surface area contributed by atoms with Crippen molar-refractivity contribution in [2.75, 3.05) is 42.0 Å². The fraction of sp³-hybridized carbons (Fsp3) is 0.333. The minimum Gasteiger partial charge on any atom is -0.381 e. The van der Waals surface area contributed by atoms with E-state index in [1.807, 2.05) is 47.4 Å². The van der Waals surface area contributed by atoms with E-state index in [9.17, 15) is 31.1 Å². The van der Waals surface area contributed by atoms with Gasteiger partial charge in [-0.2, -0.15) is 13.2 Å². The number of fused-ring (bicyclic) bond motifs is 1. The summed E-state index contributed by atoms with van der Waals surface area (Å²) < 4.78 is 85.9. The van der Waals surface area contributed by atoms with Crippen molar-refractivity contribution in [1.29, 1.82) is 0 Å². The molecule has 2 aliphatic heterocycles. The molecule has 1 atom stereocenters. The second kappa shape index (κ2) is 19.0. The van der Waals surface area contributed by atoms with Gasteiger partial charge in [-0.25, -0.2) is 22.8 Å². The standard InChI is InChI=1S/C42H44ClF4N7O3S3/c43-30-8-6-28(7-9-30)35-12-10-31(44)22-29(35)24-53-20-16-41(55,17-21-53)54-19-15-36-38(25-54)49-27-50-40(36)52-60(56,57)34-11-13-37(39(23-34)59-42(45,46)47)51-32(14-18-48)26-58-33-4-2-1-3-5-33/h1-13,22-23,27,32,51,55H,14-21,24-26,48H2,(H,49,50,52)/t32-/m1/s1. The minimum absolute atomic E-state index is 0.0289. The maximum Gasteiger partial charge on any atom is 0.446 e. The number of aliphatic hydroxyl groups is 1. The van der Waals surface area contributed by atoms with Crippen LogP contribution in [0.4, 0.5) is 29.1 Å². The van der Waals surface area contributed by atoms with Gasteiger partial charge in [0.25, 0.3) is 10.0 Å². The van der Waals surface area contributed by atoms with E-state index in [-0.39, 0.29) is 39.7 Å². The zero-order chi connectivity index (χ0) is 42.5. The highest BCUT2D eigenvalue weighted by Gasteiger charge is 2.40. The van der Waals surface area contributed by atoms with Gasteiger partial charge in [0, 0.05) is 83.4 Å². The van der Waals surface area contributed by atoms with Gasteiger partial charge in [-0.15, -0.1) is 11.8 Å². The van der Waals surface area contributed by atoms with Crippen molar-refractivity contribution in [3.05, 3.63) is 125 Å². The van der Waals surface area contributed by atoms with Gasteiger partial charge in [0.2, 0.25) is 0 Å². The molecule has 2 aliphatic rings. The Hall–Kier alpha value is -3.94. The summed E-state index contributed by atoms with van der Waals surface area (Å²) >= 11 is 7.24.